The van der Waals surface area contributed by atoms with Crippen molar-refractivity contribution in [2.24, 2.45) is 11.8 Å². The van der Waals surface area contributed by atoms with Crippen LogP contribution in [0.3, 0.4) is 0 Å². The zero-order chi connectivity index (χ0) is 14.7. The van der Waals surface area contributed by atoms with Crippen LogP contribution in [0.5, 0.6) is 0 Å². The highest BCUT2D eigenvalue weighted by Gasteiger charge is 2.19. The van der Waals surface area contributed by atoms with Gasteiger partial charge in [0.2, 0.25) is 0 Å². The molecule has 2 heteroatoms. The third-order valence-corrected chi connectivity index (χ3v) is 4.92. The Bertz CT molecular complexity index is 541. The summed E-state index contributed by atoms with van der Waals surface area (Å²) in [5.41, 5.74) is 0.988. The first-order valence-electron chi connectivity index (χ1n) is 8.44. The molecule has 3 rings (SSSR count). The molecule has 1 fully saturated rings. The van der Waals surface area contributed by atoms with Crippen LogP contribution in [0.1, 0.15) is 57.8 Å². The Kier molecular flexibility index (Phi) is 4.64. The average Bonchev–Trinajstić information content (AvgIpc) is 2.91. The zero-order valence-corrected chi connectivity index (χ0v) is 13.3. The largest absolute Gasteiger partial charge is 0.459 e. The SMILES string of the molecule is CC1CCCC(CCNC(C)c2cc3ccccc3o2)C1. The summed E-state index contributed by atoms with van der Waals surface area (Å²) in [4.78, 5) is 0. The van der Waals surface area contributed by atoms with Crippen molar-refractivity contribution in [2.75, 3.05) is 6.54 Å². The van der Waals surface area contributed by atoms with Gasteiger partial charge in [-0.2, -0.15) is 0 Å². The van der Waals surface area contributed by atoms with E-state index in [9.17, 15) is 0 Å². The third kappa shape index (κ3) is 3.68. The molecular formula is C19H27NO. The molecule has 0 spiro atoms. The van der Waals surface area contributed by atoms with E-state index in [0.29, 0.717) is 6.04 Å². The summed E-state index contributed by atoms with van der Waals surface area (Å²) in [6, 6.07) is 10.7. The Morgan fingerprint density at radius 3 is 2.95 bits per heavy atom. The quantitative estimate of drug-likeness (QED) is 0.806. The van der Waals surface area contributed by atoms with Crippen LogP contribution in [0.4, 0.5) is 0 Å². The Labute approximate surface area is 127 Å². The summed E-state index contributed by atoms with van der Waals surface area (Å²) in [6.07, 6.45) is 6.99. The molecule has 0 radical (unpaired) electrons. The maximum absolute atomic E-state index is 5.93. The molecule has 2 nitrogen and oxygen atoms in total. The van der Waals surface area contributed by atoms with Gasteiger partial charge in [-0.3, -0.25) is 0 Å². The monoisotopic (exact) mass is 285 g/mol. The van der Waals surface area contributed by atoms with Gasteiger partial charge in [-0.25, -0.2) is 0 Å². The van der Waals surface area contributed by atoms with Crippen LogP contribution in [0.15, 0.2) is 34.7 Å². The van der Waals surface area contributed by atoms with E-state index in [-0.39, 0.29) is 0 Å². The van der Waals surface area contributed by atoms with E-state index in [1.54, 1.807) is 0 Å². The van der Waals surface area contributed by atoms with Crippen molar-refractivity contribution in [1.29, 1.82) is 0 Å². The topological polar surface area (TPSA) is 25.2 Å². The number of furan rings is 1. The highest BCUT2D eigenvalue weighted by atomic mass is 16.3. The fraction of sp³-hybridized carbons (Fsp3) is 0.579. The molecule has 3 atom stereocenters. The summed E-state index contributed by atoms with van der Waals surface area (Å²) in [5.74, 6) is 2.90. The number of nitrogens with one attached hydrogen (secondary N) is 1. The van der Waals surface area contributed by atoms with Crippen molar-refractivity contribution in [1.82, 2.24) is 5.32 Å². The highest BCUT2D eigenvalue weighted by Crippen LogP contribution is 2.30. The highest BCUT2D eigenvalue weighted by molar-refractivity contribution is 5.77. The molecule has 1 saturated carbocycles. The van der Waals surface area contributed by atoms with E-state index >= 15 is 0 Å². The van der Waals surface area contributed by atoms with Crippen LogP contribution in [0.2, 0.25) is 0 Å². The predicted octanol–water partition coefficient (Wildman–Crippen LogP) is 5.30. The summed E-state index contributed by atoms with van der Waals surface area (Å²) >= 11 is 0. The van der Waals surface area contributed by atoms with Gasteiger partial charge < -0.3 is 9.73 Å². The molecule has 3 unspecified atom stereocenters. The Hall–Kier alpha value is -1.28. The molecular weight excluding hydrogens is 258 g/mol. The van der Waals surface area contributed by atoms with Gasteiger partial charge in [-0.1, -0.05) is 44.4 Å². The Morgan fingerprint density at radius 1 is 1.29 bits per heavy atom. The molecule has 1 aromatic carbocycles. The van der Waals surface area contributed by atoms with E-state index < -0.39 is 0 Å². The lowest BCUT2D eigenvalue weighted by Crippen LogP contribution is -2.23. The van der Waals surface area contributed by atoms with Crippen LogP contribution >= 0.6 is 0 Å². The van der Waals surface area contributed by atoms with Gasteiger partial charge in [0.05, 0.1) is 6.04 Å². The lowest BCUT2D eigenvalue weighted by Gasteiger charge is -2.27. The Balaban J connectivity index is 1.50. The second-order valence-electron chi connectivity index (χ2n) is 6.79. The van der Waals surface area contributed by atoms with Crippen molar-refractivity contribution < 1.29 is 4.42 Å². The van der Waals surface area contributed by atoms with Crippen molar-refractivity contribution in [2.45, 2.75) is 52.0 Å². The molecule has 21 heavy (non-hydrogen) atoms. The fourth-order valence-corrected chi connectivity index (χ4v) is 3.64. The van der Waals surface area contributed by atoms with Gasteiger partial charge in [0, 0.05) is 5.39 Å². The number of rotatable bonds is 5. The molecule has 1 heterocycles. The van der Waals surface area contributed by atoms with Crippen LogP contribution < -0.4 is 5.32 Å². The first kappa shape index (κ1) is 14.6. The fourth-order valence-electron chi connectivity index (χ4n) is 3.64. The van der Waals surface area contributed by atoms with Gasteiger partial charge in [-0.05, 0) is 50.3 Å². The molecule has 1 N–H and O–H groups in total. The van der Waals surface area contributed by atoms with E-state index in [2.05, 4.69) is 37.4 Å². The summed E-state index contributed by atoms with van der Waals surface area (Å²) in [5, 5.41) is 4.82. The molecule has 2 aromatic rings. The maximum atomic E-state index is 5.93. The van der Waals surface area contributed by atoms with E-state index in [4.69, 9.17) is 4.42 Å². The second kappa shape index (κ2) is 6.65. The minimum Gasteiger partial charge on any atom is -0.459 e. The number of hydrogen-bond donors (Lipinski definition) is 1. The summed E-state index contributed by atoms with van der Waals surface area (Å²) < 4.78 is 5.93. The number of benzene rings is 1. The lowest BCUT2D eigenvalue weighted by atomic mass is 9.81. The van der Waals surface area contributed by atoms with E-state index in [1.807, 2.05) is 12.1 Å². The van der Waals surface area contributed by atoms with Gasteiger partial charge in [-0.15, -0.1) is 0 Å². The molecule has 1 aliphatic carbocycles. The Morgan fingerprint density at radius 2 is 2.14 bits per heavy atom. The van der Waals surface area contributed by atoms with Gasteiger partial charge in [0.15, 0.2) is 0 Å². The molecule has 114 valence electrons. The molecule has 0 amide bonds. The average molecular weight is 285 g/mol. The van der Waals surface area contributed by atoms with Crippen molar-refractivity contribution in [3.8, 4) is 0 Å². The first-order valence-corrected chi connectivity index (χ1v) is 8.44. The maximum Gasteiger partial charge on any atom is 0.134 e. The smallest absolute Gasteiger partial charge is 0.134 e. The normalized spacial score (nSPS) is 24.3. The number of para-hydroxylation sites is 1. The van der Waals surface area contributed by atoms with Gasteiger partial charge in [0.1, 0.15) is 11.3 Å². The van der Waals surface area contributed by atoms with Crippen LogP contribution in [0, 0.1) is 11.8 Å². The molecule has 0 bridgehead atoms. The lowest BCUT2D eigenvalue weighted by molar-refractivity contribution is 0.264. The second-order valence-corrected chi connectivity index (χ2v) is 6.79. The number of fused-ring (bicyclic) bond motifs is 1. The van der Waals surface area contributed by atoms with Crippen molar-refractivity contribution in [3.05, 3.63) is 36.1 Å². The molecule has 0 aliphatic heterocycles. The van der Waals surface area contributed by atoms with Crippen LogP contribution in [-0.4, -0.2) is 6.54 Å². The first-order chi connectivity index (χ1) is 10.2. The summed E-state index contributed by atoms with van der Waals surface area (Å²) in [7, 11) is 0. The van der Waals surface area contributed by atoms with Crippen LogP contribution in [-0.2, 0) is 0 Å². The summed E-state index contributed by atoms with van der Waals surface area (Å²) in [6.45, 7) is 5.69. The third-order valence-electron chi connectivity index (χ3n) is 4.92. The zero-order valence-electron chi connectivity index (χ0n) is 13.3. The van der Waals surface area contributed by atoms with Gasteiger partial charge in [0.25, 0.3) is 0 Å². The minimum absolute atomic E-state index is 0.290. The standard InChI is InChI=1S/C19H27NO/c1-14-6-5-7-16(12-14)10-11-20-15(2)19-13-17-8-3-4-9-18(17)21-19/h3-4,8-9,13-16,20H,5-7,10-12H2,1-2H3. The number of hydrogen-bond acceptors (Lipinski definition) is 2. The van der Waals surface area contributed by atoms with Crippen molar-refractivity contribution >= 4 is 11.0 Å². The van der Waals surface area contributed by atoms with Gasteiger partial charge >= 0.3 is 0 Å². The predicted molar refractivity (Wildman–Crippen MR) is 88.4 cm³/mol. The molecule has 1 aliphatic rings. The van der Waals surface area contributed by atoms with Crippen molar-refractivity contribution in [3.63, 3.8) is 0 Å². The minimum atomic E-state index is 0.290. The molecule has 1 aromatic heterocycles. The van der Waals surface area contributed by atoms with Crippen LogP contribution in [0.25, 0.3) is 11.0 Å². The molecule has 0 saturated heterocycles. The van der Waals surface area contributed by atoms with E-state index in [1.165, 1.54) is 37.5 Å². The van der Waals surface area contributed by atoms with E-state index in [0.717, 1.165) is 29.7 Å².